The zero-order valence-corrected chi connectivity index (χ0v) is 12.8. The van der Waals surface area contributed by atoms with E-state index in [1.807, 2.05) is 17.5 Å². The molecule has 0 saturated carbocycles. The molecule has 0 radical (unpaired) electrons. The second-order valence-electron chi connectivity index (χ2n) is 4.37. The van der Waals surface area contributed by atoms with Gasteiger partial charge < -0.3 is 9.63 Å². The highest BCUT2D eigenvalue weighted by atomic mass is 32.2. The molecule has 2 aromatic heterocycles. The van der Waals surface area contributed by atoms with Gasteiger partial charge in [-0.1, -0.05) is 11.2 Å². The molecule has 110 valence electrons. The Morgan fingerprint density at radius 2 is 2.25 bits per heavy atom. The molecule has 2 aromatic rings. The molecule has 0 amide bonds. The number of hydrogen-bond acceptors (Lipinski definition) is 6. The van der Waals surface area contributed by atoms with Crippen LogP contribution >= 0.6 is 11.3 Å². The average Bonchev–Trinajstić information content (AvgIpc) is 2.99. The van der Waals surface area contributed by atoms with Gasteiger partial charge in [0.2, 0.25) is 10.0 Å². The molecule has 0 aliphatic carbocycles. The van der Waals surface area contributed by atoms with Crippen molar-refractivity contribution in [3.8, 4) is 0 Å². The number of aliphatic hydroxyl groups is 1. The lowest BCUT2D eigenvalue weighted by atomic mass is 10.2. The molecule has 0 spiro atoms. The van der Waals surface area contributed by atoms with Gasteiger partial charge in [-0.3, -0.25) is 0 Å². The molecule has 6 nitrogen and oxygen atoms in total. The summed E-state index contributed by atoms with van der Waals surface area (Å²) in [5, 5.41) is 15.4. The van der Waals surface area contributed by atoms with E-state index in [-0.39, 0.29) is 17.2 Å². The van der Waals surface area contributed by atoms with Gasteiger partial charge in [-0.15, -0.1) is 11.3 Å². The normalized spacial score (nSPS) is 13.6. The van der Waals surface area contributed by atoms with Gasteiger partial charge >= 0.3 is 0 Å². The zero-order chi connectivity index (χ0) is 14.8. The predicted octanol–water partition coefficient (Wildman–Crippen LogP) is 1.75. The van der Waals surface area contributed by atoms with Crippen LogP contribution in [0.25, 0.3) is 0 Å². The third-order valence-electron chi connectivity index (χ3n) is 2.82. The molecule has 1 atom stereocenters. The summed E-state index contributed by atoms with van der Waals surface area (Å²) in [5.41, 5.74) is 0.328. The summed E-state index contributed by atoms with van der Waals surface area (Å²) in [6, 6.07) is 3.66. The van der Waals surface area contributed by atoms with Crippen molar-refractivity contribution in [1.29, 1.82) is 0 Å². The molecule has 0 aliphatic rings. The monoisotopic (exact) mass is 316 g/mol. The summed E-state index contributed by atoms with van der Waals surface area (Å²) in [4.78, 5) is 0.893. The molecule has 2 rings (SSSR count). The lowest BCUT2D eigenvalue weighted by Crippen LogP contribution is -2.26. The van der Waals surface area contributed by atoms with Crippen molar-refractivity contribution in [2.45, 2.75) is 31.3 Å². The molecule has 2 heterocycles. The molecule has 0 bridgehead atoms. The summed E-state index contributed by atoms with van der Waals surface area (Å²) >= 11 is 1.44. The smallest absolute Gasteiger partial charge is 0.245 e. The fourth-order valence-electron chi connectivity index (χ4n) is 1.88. The van der Waals surface area contributed by atoms with Crippen molar-refractivity contribution in [1.82, 2.24) is 9.88 Å². The van der Waals surface area contributed by atoms with Crippen LogP contribution in [0.3, 0.4) is 0 Å². The van der Waals surface area contributed by atoms with Crippen LogP contribution in [0.2, 0.25) is 0 Å². The van der Waals surface area contributed by atoms with Crippen molar-refractivity contribution in [2.24, 2.45) is 0 Å². The number of nitrogens with one attached hydrogen (secondary N) is 1. The van der Waals surface area contributed by atoms with Crippen molar-refractivity contribution in [3.63, 3.8) is 0 Å². The lowest BCUT2D eigenvalue weighted by Gasteiger charge is -2.09. The van der Waals surface area contributed by atoms with E-state index in [1.165, 1.54) is 11.3 Å². The van der Waals surface area contributed by atoms with Crippen LogP contribution in [0.1, 0.15) is 28.9 Å². The van der Waals surface area contributed by atoms with Gasteiger partial charge in [0.05, 0.1) is 6.10 Å². The minimum absolute atomic E-state index is 0.0723. The van der Waals surface area contributed by atoms with E-state index in [1.54, 1.807) is 13.8 Å². The number of sulfonamides is 1. The minimum Gasteiger partial charge on any atom is -0.388 e. The van der Waals surface area contributed by atoms with Crippen LogP contribution < -0.4 is 4.72 Å². The number of rotatable bonds is 6. The van der Waals surface area contributed by atoms with Gasteiger partial charge in [-0.25, -0.2) is 13.1 Å². The standard InChI is InChI=1S/C12H16N2O4S2/c1-8-12(9(2)18-14-8)20(16,17)13-6-5-10(15)11-4-3-7-19-11/h3-4,7,10,13,15H,5-6H2,1-2H3/t10-/m1/s1. The largest absolute Gasteiger partial charge is 0.388 e. The maximum absolute atomic E-state index is 12.1. The summed E-state index contributed by atoms with van der Waals surface area (Å²) in [6.45, 7) is 3.27. The van der Waals surface area contributed by atoms with Crippen LogP contribution in [0.5, 0.6) is 0 Å². The number of nitrogens with zero attached hydrogens (tertiary/aromatic N) is 1. The molecule has 0 aliphatic heterocycles. The molecule has 0 fully saturated rings. The Morgan fingerprint density at radius 3 is 2.80 bits per heavy atom. The Labute approximate surface area is 121 Å². The highest BCUT2D eigenvalue weighted by Gasteiger charge is 2.24. The third kappa shape index (κ3) is 3.26. The fraction of sp³-hybridized carbons (Fsp3) is 0.417. The summed E-state index contributed by atoms with van der Waals surface area (Å²) in [5.74, 6) is 0.258. The highest BCUT2D eigenvalue weighted by molar-refractivity contribution is 7.89. The SMILES string of the molecule is Cc1noc(C)c1S(=O)(=O)NCC[C@@H](O)c1cccs1. The quantitative estimate of drug-likeness (QED) is 0.847. The molecule has 2 N–H and O–H groups in total. The average molecular weight is 316 g/mol. The molecule has 8 heteroatoms. The molecule has 20 heavy (non-hydrogen) atoms. The topological polar surface area (TPSA) is 92.4 Å². The maximum Gasteiger partial charge on any atom is 0.245 e. The van der Waals surface area contributed by atoms with Gasteiger partial charge in [-0.2, -0.15) is 0 Å². The number of thiophene rings is 1. The van der Waals surface area contributed by atoms with Crippen LogP contribution in [0.4, 0.5) is 0 Å². The molecule has 0 saturated heterocycles. The van der Waals surface area contributed by atoms with Crippen molar-refractivity contribution in [3.05, 3.63) is 33.8 Å². The van der Waals surface area contributed by atoms with Crippen LogP contribution in [0.15, 0.2) is 26.9 Å². The Balaban J connectivity index is 1.97. The Bertz CT molecular complexity index is 642. The fourth-order valence-corrected chi connectivity index (χ4v) is 4.00. The zero-order valence-electron chi connectivity index (χ0n) is 11.2. The van der Waals surface area contributed by atoms with E-state index < -0.39 is 16.1 Å². The number of aryl methyl sites for hydroxylation is 2. The highest BCUT2D eigenvalue weighted by Crippen LogP contribution is 2.22. The first-order chi connectivity index (χ1) is 9.42. The van der Waals surface area contributed by atoms with Crippen molar-refractivity contribution < 1.29 is 18.0 Å². The van der Waals surface area contributed by atoms with Crippen LogP contribution in [0, 0.1) is 13.8 Å². The number of hydrogen-bond donors (Lipinski definition) is 2. The molecular weight excluding hydrogens is 300 g/mol. The van der Waals surface area contributed by atoms with Gasteiger partial charge in [0, 0.05) is 11.4 Å². The van der Waals surface area contributed by atoms with E-state index in [9.17, 15) is 13.5 Å². The van der Waals surface area contributed by atoms with Crippen molar-refractivity contribution >= 4 is 21.4 Å². The van der Waals surface area contributed by atoms with Crippen LogP contribution in [-0.2, 0) is 10.0 Å². The first kappa shape index (κ1) is 15.2. The maximum atomic E-state index is 12.1. The molecule has 0 unspecified atom stereocenters. The summed E-state index contributed by atoms with van der Waals surface area (Å²) in [7, 11) is -3.66. The van der Waals surface area contributed by atoms with Gasteiger partial charge in [0.15, 0.2) is 5.76 Å². The van der Waals surface area contributed by atoms with Crippen LogP contribution in [-0.4, -0.2) is 25.2 Å². The summed E-state index contributed by atoms with van der Waals surface area (Å²) < 4.78 is 31.5. The first-order valence-electron chi connectivity index (χ1n) is 6.06. The lowest BCUT2D eigenvalue weighted by molar-refractivity contribution is 0.173. The molecular formula is C12H16N2O4S2. The van der Waals surface area contributed by atoms with E-state index >= 15 is 0 Å². The Morgan fingerprint density at radius 1 is 1.50 bits per heavy atom. The van der Waals surface area contributed by atoms with Gasteiger partial charge in [-0.05, 0) is 31.7 Å². The number of aliphatic hydroxyl groups excluding tert-OH is 1. The van der Waals surface area contributed by atoms with E-state index in [0.29, 0.717) is 12.1 Å². The van der Waals surface area contributed by atoms with E-state index in [0.717, 1.165) is 4.88 Å². The molecule has 0 aromatic carbocycles. The third-order valence-corrected chi connectivity index (χ3v) is 5.50. The Kier molecular flexibility index (Phi) is 4.59. The van der Waals surface area contributed by atoms with Gasteiger partial charge in [0.1, 0.15) is 10.6 Å². The second-order valence-corrected chi connectivity index (χ2v) is 7.05. The minimum atomic E-state index is -3.66. The van der Waals surface area contributed by atoms with Gasteiger partial charge in [0.25, 0.3) is 0 Å². The predicted molar refractivity (Wildman–Crippen MR) is 75.1 cm³/mol. The van der Waals surface area contributed by atoms with E-state index in [2.05, 4.69) is 9.88 Å². The van der Waals surface area contributed by atoms with E-state index in [4.69, 9.17) is 4.52 Å². The summed E-state index contributed by atoms with van der Waals surface area (Å²) in [6.07, 6.45) is -0.356. The Hall–Kier alpha value is -1.22. The first-order valence-corrected chi connectivity index (χ1v) is 8.42. The number of aromatic nitrogens is 1. The van der Waals surface area contributed by atoms with Crippen molar-refractivity contribution in [2.75, 3.05) is 6.54 Å². The second kappa shape index (κ2) is 6.04.